The van der Waals surface area contributed by atoms with E-state index in [0.717, 1.165) is 17.5 Å². The summed E-state index contributed by atoms with van der Waals surface area (Å²) in [7, 11) is 1.74. The molecule has 4 rings (SSSR count). The molecule has 172 valence electrons. The van der Waals surface area contributed by atoms with Crippen LogP contribution < -0.4 is 4.74 Å². The zero-order chi connectivity index (χ0) is 23.4. The van der Waals surface area contributed by atoms with Crippen LogP contribution in [-0.2, 0) is 17.8 Å². The first-order valence-corrected chi connectivity index (χ1v) is 11.5. The number of carbonyl (C=O) groups excluding carboxylic acids is 2. The summed E-state index contributed by atoms with van der Waals surface area (Å²) in [5.41, 5.74) is 3.41. The van der Waals surface area contributed by atoms with Crippen LogP contribution >= 0.6 is 0 Å². The molecule has 2 heterocycles. The molecule has 1 aromatic heterocycles. The lowest BCUT2D eigenvalue weighted by Crippen LogP contribution is -2.40. The van der Waals surface area contributed by atoms with E-state index in [1.807, 2.05) is 49.1 Å². The Labute approximate surface area is 194 Å². The van der Waals surface area contributed by atoms with Gasteiger partial charge in [-0.3, -0.25) is 9.59 Å². The molecule has 0 N–H and O–H groups in total. The van der Waals surface area contributed by atoms with Crippen molar-refractivity contribution in [3.63, 3.8) is 0 Å². The third-order valence-corrected chi connectivity index (χ3v) is 6.16. The smallest absolute Gasteiger partial charge is 0.289 e. The van der Waals surface area contributed by atoms with Gasteiger partial charge >= 0.3 is 0 Å². The Morgan fingerprint density at radius 2 is 1.88 bits per heavy atom. The zero-order valence-electron chi connectivity index (χ0n) is 19.4. The second kappa shape index (κ2) is 9.94. The molecular formula is C27H30N2O4. The summed E-state index contributed by atoms with van der Waals surface area (Å²) in [4.78, 5) is 28.6. The van der Waals surface area contributed by atoms with Gasteiger partial charge in [0.05, 0.1) is 6.04 Å². The van der Waals surface area contributed by atoms with Gasteiger partial charge in [0.1, 0.15) is 18.1 Å². The molecule has 0 fully saturated rings. The van der Waals surface area contributed by atoms with Crippen LogP contribution in [-0.4, -0.2) is 41.8 Å². The lowest BCUT2D eigenvalue weighted by molar-refractivity contribution is -0.132. The predicted octanol–water partition coefficient (Wildman–Crippen LogP) is 4.83. The van der Waals surface area contributed by atoms with Crippen LogP contribution in [0.4, 0.5) is 0 Å². The third-order valence-electron chi connectivity index (χ3n) is 6.16. The van der Waals surface area contributed by atoms with Crippen molar-refractivity contribution in [1.29, 1.82) is 0 Å². The van der Waals surface area contributed by atoms with Crippen LogP contribution in [0.1, 0.15) is 59.3 Å². The summed E-state index contributed by atoms with van der Waals surface area (Å²) in [5, 5.41) is 0. The highest BCUT2D eigenvalue weighted by Gasteiger charge is 2.31. The second-order valence-electron chi connectivity index (χ2n) is 8.24. The first kappa shape index (κ1) is 22.6. The number of benzene rings is 2. The Balaban J connectivity index is 1.57. The van der Waals surface area contributed by atoms with E-state index < -0.39 is 0 Å². The van der Waals surface area contributed by atoms with E-state index in [4.69, 9.17) is 9.15 Å². The summed E-state index contributed by atoms with van der Waals surface area (Å²) >= 11 is 0. The quantitative estimate of drug-likeness (QED) is 0.521. The maximum absolute atomic E-state index is 12.7. The Morgan fingerprint density at radius 3 is 2.61 bits per heavy atom. The first-order valence-electron chi connectivity index (χ1n) is 11.5. The fourth-order valence-corrected chi connectivity index (χ4v) is 4.21. The first-order chi connectivity index (χ1) is 16.0. The van der Waals surface area contributed by atoms with Gasteiger partial charge in [-0.2, -0.15) is 0 Å². The normalized spacial score (nSPS) is 15.1. The number of hydrogen-bond donors (Lipinski definition) is 0. The molecule has 1 unspecified atom stereocenters. The van der Waals surface area contributed by atoms with E-state index in [0.29, 0.717) is 36.8 Å². The van der Waals surface area contributed by atoms with Gasteiger partial charge in [-0.1, -0.05) is 43.3 Å². The summed E-state index contributed by atoms with van der Waals surface area (Å²) in [6, 6.07) is 19.5. The molecule has 0 saturated heterocycles. The molecule has 0 bridgehead atoms. The molecule has 1 atom stereocenters. The number of furan rings is 1. The highest BCUT2D eigenvalue weighted by atomic mass is 16.5. The van der Waals surface area contributed by atoms with Crippen molar-refractivity contribution in [2.45, 2.75) is 39.3 Å². The van der Waals surface area contributed by atoms with Crippen LogP contribution in [0.2, 0.25) is 0 Å². The van der Waals surface area contributed by atoms with Gasteiger partial charge in [-0.15, -0.1) is 0 Å². The standard InChI is InChI=1S/C27H30N2O4/c1-4-25(30)29-16-15-19-11-12-21(17-23(19)26(29)20-9-7-6-8-10-20)32-18-22-13-14-24(33-22)27(31)28(3)5-2/h6-14,17,26H,4-5,15-16,18H2,1-3H3. The number of amides is 2. The van der Waals surface area contributed by atoms with Gasteiger partial charge in [0, 0.05) is 26.6 Å². The highest BCUT2D eigenvalue weighted by molar-refractivity contribution is 5.91. The zero-order valence-corrected chi connectivity index (χ0v) is 19.4. The minimum Gasteiger partial charge on any atom is -0.486 e. The van der Waals surface area contributed by atoms with Crippen LogP contribution in [0.3, 0.4) is 0 Å². The third kappa shape index (κ3) is 4.80. The fourth-order valence-electron chi connectivity index (χ4n) is 4.21. The summed E-state index contributed by atoms with van der Waals surface area (Å²) in [5.74, 6) is 1.59. The van der Waals surface area contributed by atoms with Crippen LogP contribution in [0, 0.1) is 0 Å². The molecule has 6 heteroatoms. The minimum atomic E-state index is -0.149. The number of nitrogens with zero attached hydrogens (tertiary/aromatic N) is 2. The lowest BCUT2D eigenvalue weighted by Gasteiger charge is -2.38. The van der Waals surface area contributed by atoms with E-state index in [1.165, 1.54) is 5.56 Å². The SMILES string of the molecule is CCC(=O)N1CCc2ccc(OCc3ccc(C(=O)N(C)CC)o3)cc2C1c1ccccc1. The highest BCUT2D eigenvalue weighted by Crippen LogP contribution is 2.37. The number of carbonyl (C=O) groups is 2. The number of rotatable bonds is 7. The number of fused-ring (bicyclic) bond motifs is 1. The Bertz CT molecular complexity index is 1120. The van der Waals surface area contributed by atoms with Gasteiger partial charge in [0.2, 0.25) is 5.91 Å². The Kier molecular flexibility index (Phi) is 6.82. The number of ether oxygens (including phenoxy) is 1. The van der Waals surface area contributed by atoms with Crippen LogP contribution in [0.15, 0.2) is 65.1 Å². The van der Waals surface area contributed by atoms with E-state index in [9.17, 15) is 9.59 Å². The van der Waals surface area contributed by atoms with Gasteiger partial charge in [0.25, 0.3) is 5.91 Å². The van der Waals surface area contributed by atoms with Gasteiger partial charge in [0.15, 0.2) is 5.76 Å². The molecule has 1 aliphatic rings. The topological polar surface area (TPSA) is 63.0 Å². The van der Waals surface area contributed by atoms with Crippen LogP contribution in [0.25, 0.3) is 0 Å². The van der Waals surface area contributed by atoms with E-state index in [1.54, 1.807) is 24.1 Å². The maximum atomic E-state index is 12.7. The molecule has 33 heavy (non-hydrogen) atoms. The van der Waals surface area contributed by atoms with Crippen molar-refractivity contribution in [3.05, 3.63) is 88.9 Å². The molecule has 3 aromatic rings. The summed E-state index contributed by atoms with van der Waals surface area (Å²) < 4.78 is 11.7. The molecule has 1 aliphatic heterocycles. The summed E-state index contributed by atoms with van der Waals surface area (Å²) in [6.45, 7) is 5.35. The monoisotopic (exact) mass is 446 g/mol. The van der Waals surface area contributed by atoms with Crippen LogP contribution in [0.5, 0.6) is 5.75 Å². The summed E-state index contributed by atoms with van der Waals surface area (Å²) in [6.07, 6.45) is 1.29. The van der Waals surface area contributed by atoms with E-state index in [2.05, 4.69) is 18.2 Å². The number of hydrogen-bond acceptors (Lipinski definition) is 4. The van der Waals surface area contributed by atoms with Crippen molar-refractivity contribution in [3.8, 4) is 5.75 Å². The molecular weight excluding hydrogens is 416 g/mol. The molecule has 0 aliphatic carbocycles. The Morgan fingerprint density at radius 1 is 1.09 bits per heavy atom. The predicted molar refractivity (Wildman–Crippen MR) is 126 cm³/mol. The molecule has 2 aromatic carbocycles. The molecule has 0 radical (unpaired) electrons. The minimum absolute atomic E-state index is 0.136. The second-order valence-corrected chi connectivity index (χ2v) is 8.24. The van der Waals surface area contributed by atoms with Gasteiger partial charge < -0.3 is 19.0 Å². The molecule has 2 amide bonds. The molecule has 0 saturated carbocycles. The van der Waals surface area contributed by atoms with Crippen molar-refractivity contribution in [2.75, 3.05) is 20.1 Å². The van der Waals surface area contributed by atoms with Crippen molar-refractivity contribution in [1.82, 2.24) is 9.80 Å². The lowest BCUT2D eigenvalue weighted by atomic mass is 9.87. The van der Waals surface area contributed by atoms with Crippen molar-refractivity contribution < 1.29 is 18.7 Å². The largest absolute Gasteiger partial charge is 0.486 e. The fraction of sp³-hybridized carbons (Fsp3) is 0.333. The average Bonchev–Trinajstić information content (AvgIpc) is 3.34. The average molecular weight is 447 g/mol. The Hall–Kier alpha value is -3.54. The molecule has 0 spiro atoms. The molecule has 6 nitrogen and oxygen atoms in total. The van der Waals surface area contributed by atoms with Crippen molar-refractivity contribution >= 4 is 11.8 Å². The van der Waals surface area contributed by atoms with Gasteiger partial charge in [-0.25, -0.2) is 0 Å². The van der Waals surface area contributed by atoms with Crippen molar-refractivity contribution in [2.24, 2.45) is 0 Å². The van der Waals surface area contributed by atoms with E-state index in [-0.39, 0.29) is 24.5 Å². The van der Waals surface area contributed by atoms with Gasteiger partial charge in [-0.05, 0) is 54.3 Å². The van der Waals surface area contributed by atoms with E-state index >= 15 is 0 Å². The maximum Gasteiger partial charge on any atom is 0.289 e.